The lowest BCUT2D eigenvalue weighted by molar-refractivity contribution is 0.0342. The lowest BCUT2D eigenvalue weighted by atomic mass is 9.98. The average molecular weight is 565 g/mol. The maximum atomic E-state index is 13.4. The normalized spacial score (nSPS) is 16.8. The monoisotopic (exact) mass is 564 g/mol. The van der Waals surface area contributed by atoms with E-state index in [2.05, 4.69) is 25.3 Å². The van der Waals surface area contributed by atoms with Crippen LogP contribution in [0.25, 0.3) is 17.1 Å². The standard InChI is InChI=1S/C30H40N6O5/c1-21(2)24-18-25(27(38)19-26(24)37)28-32-33-29(30(39)31-8-3-9-34-10-14-40-15-11-34)36(28)23-6-4-22(5-7-23)20-35-12-16-41-17-13-35/h4-7,18-19,21,37-38H,3,8-17,20H2,1-2H3,(H,31,39). The molecular formula is C30H40N6O5. The zero-order chi connectivity index (χ0) is 28.8. The summed E-state index contributed by atoms with van der Waals surface area (Å²) in [4.78, 5) is 18.1. The van der Waals surface area contributed by atoms with Crippen LogP contribution in [0, 0.1) is 0 Å². The summed E-state index contributed by atoms with van der Waals surface area (Å²) in [5, 5.41) is 32.8. The van der Waals surface area contributed by atoms with Crippen molar-refractivity contribution in [3.05, 3.63) is 53.3 Å². The van der Waals surface area contributed by atoms with Crippen LogP contribution < -0.4 is 5.32 Å². The molecule has 0 saturated carbocycles. The predicted octanol–water partition coefficient (Wildman–Crippen LogP) is 2.75. The van der Waals surface area contributed by atoms with E-state index in [4.69, 9.17) is 9.47 Å². The quantitative estimate of drug-likeness (QED) is 0.319. The molecule has 41 heavy (non-hydrogen) atoms. The lowest BCUT2D eigenvalue weighted by Crippen LogP contribution is -2.38. The van der Waals surface area contributed by atoms with E-state index >= 15 is 0 Å². The van der Waals surface area contributed by atoms with Gasteiger partial charge in [-0.3, -0.25) is 19.2 Å². The first-order valence-electron chi connectivity index (χ1n) is 14.4. The number of carbonyl (C=O) groups excluding carboxylic acids is 1. The highest BCUT2D eigenvalue weighted by Crippen LogP contribution is 2.38. The molecule has 5 rings (SSSR count). The van der Waals surface area contributed by atoms with Crippen LogP contribution in [0.4, 0.5) is 0 Å². The van der Waals surface area contributed by atoms with Gasteiger partial charge in [-0.1, -0.05) is 26.0 Å². The van der Waals surface area contributed by atoms with Crippen LogP contribution in [0.2, 0.25) is 0 Å². The van der Waals surface area contributed by atoms with Crippen molar-refractivity contribution in [2.45, 2.75) is 32.7 Å². The molecule has 3 N–H and O–H groups in total. The summed E-state index contributed by atoms with van der Waals surface area (Å²) in [6.07, 6.45) is 0.805. The van der Waals surface area contributed by atoms with Crippen LogP contribution in [-0.4, -0.2) is 106 Å². The summed E-state index contributed by atoms with van der Waals surface area (Å²) in [5.74, 6) is -0.000424. The van der Waals surface area contributed by atoms with Crippen LogP contribution in [0.3, 0.4) is 0 Å². The van der Waals surface area contributed by atoms with E-state index in [0.29, 0.717) is 29.2 Å². The van der Waals surface area contributed by atoms with Crippen molar-refractivity contribution in [1.82, 2.24) is 29.9 Å². The van der Waals surface area contributed by atoms with Gasteiger partial charge in [-0.15, -0.1) is 10.2 Å². The van der Waals surface area contributed by atoms with Crippen LogP contribution in [0.15, 0.2) is 36.4 Å². The molecule has 2 fully saturated rings. The lowest BCUT2D eigenvalue weighted by Gasteiger charge is -2.26. The van der Waals surface area contributed by atoms with Crippen LogP contribution in [-0.2, 0) is 16.0 Å². The first-order chi connectivity index (χ1) is 19.9. The zero-order valence-corrected chi connectivity index (χ0v) is 23.9. The molecule has 0 bridgehead atoms. The Kier molecular flexibility index (Phi) is 9.50. The van der Waals surface area contributed by atoms with Gasteiger partial charge in [0.25, 0.3) is 5.91 Å². The third-order valence-electron chi connectivity index (χ3n) is 7.62. The first-order valence-corrected chi connectivity index (χ1v) is 14.4. The molecule has 2 aliphatic heterocycles. The molecule has 3 aromatic rings. The molecule has 11 nitrogen and oxygen atoms in total. The van der Waals surface area contributed by atoms with Crippen molar-refractivity contribution in [2.75, 3.05) is 65.7 Å². The molecule has 1 aromatic heterocycles. The Morgan fingerprint density at radius 2 is 1.59 bits per heavy atom. The molecular weight excluding hydrogens is 524 g/mol. The van der Waals surface area contributed by atoms with Crippen molar-refractivity contribution in [2.24, 2.45) is 0 Å². The van der Waals surface area contributed by atoms with Crippen LogP contribution in [0.5, 0.6) is 11.5 Å². The van der Waals surface area contributed by atoms with E-state index in [-0.39, 0.29) is 29.1 Å². The van der Waals surface area contributed by atoms with E-state index in [9.17, 15) is 15.0 Å². The molecule has 0 unspecified atom stereocenters. The minimum Gasteiger partial charge on any atom is -0.508 e. The molecule has 0 atom stereocenters. The summed E-state index contributed by atoms with van der Waals surface area (Å²) in [5.41, 5.74) is 2.91. The Hall–Kier alpha value is -3.51. The van der Waals surface area contributed by atoms with Crippen molar-refractivity contribution in [3.63, 3.8) is 0 Å². The smallest absolute Gasteiger partial charge is 0.289 e. The van der Waals surface area contributed by atoms with Gasteiger partial charge in [0.05, 0.1) is 32.0 Å². The zero-order valence-electron chi connectivity index (χ0n) is 23.9. The molecule has 220 valence electrons. The molecule has 11 heteroatoms. The van der Waals surface area contributed by atoms with E-state index in [1.165, 1.54) is 6.07 Å². The predicted molar refractivity (Wildman–Crippen MR) is 155 cm³/mol. The molecule has 2 aromatic carbocycles. The summed E-state index contributed by atoms with van der Waals surface area (Å²) in [6.45, 7) is 12.7. The second kappa shape index (κ2) is 13.4. The number of benzene rings is 2. The Morgan fingerprint density at radius 3 is 2.24 bits per heavy atom. The minimum absolute atomic E-state index is 0.0121. The molecule has 0 spiro atoms. The van der Waals surface area contributed by atoms with Gasteiger partial charge < -0.3 is 25.0 Å². The fraction of sp³-hybridized carbons (Fsp3) is 0.500. The second-order valence-corrected chi connectivity index (χ2v) is 10.9. The highest BCUT2D eigenvalue weighted by molar-refractivity contribution is 5.92. The number of amides is 1. The van der Waals surface area contributed by atoms with Crippen molar-refractivity contribution in [1.29, 1.82) is 0 Å². The molecule has 3 heterocycles. The minimum atomic E-state index is -0.342. The second-order valence-electron chi connectivity index (χ2n) is 10.9. The third-order valence-corrected chi connectivity index (χ3v) is 7.62. The number of hydrogen-bond donors (Lipinski definition) is 3. The van der Waals surface area contributed by atoms with Gasteiger partial charge in [-0.2, -0.15) is 0 Å². The Balaban J connectivity index is 1.41. The number of phenolic OH excluding ortho intramolecular Hbond substituents is 2. The van der Waals surface area contributed by atoms with Crippen molar-refractivity contribution < 1.29 is 24.5 Å². The summed E-state index contributed by atoms with van der Waals surface area (Å²) in [6, 6.07) is 11.0. The third kappa shape index (κ3) is 7.05. The number of rotatable bonds is 10. The fourth-order valence-electron chi connectivity index (χ4n) is 5.26. The molecule has 2 aliphatic rings. The molecule has 0 radical (unpaired) electrons. The van der Waals surface area contributed by atoms with Crippen molar-refractivity contribution in [3.8, 4) is 28.6 Å². The van der Waals surface area contributed by atoms with Gasteiger partial charge in [0.1, 0.15) is 11.5 Å². The van der Waals surface area contributed by atoms with Gasteiger partial charge in [-0.05, 0) is 48.2 Å². The Labute approximate surface area is 240 Å². The van der Waals surface area contributed by atoms with E-state index in [1.807, 2.05) is 38.1 Å². The van der Waals surface area contributed by atoms with Gasteiger partial charge in [0.15, 0.2) is 5.82 Å². The highest BCUT2D eigenvalue weighted by Gasteiger charge is 2.24. The average Bonchev–Trinajstić information content (AvgIpc) is 3.41. The van der Waals surface area contributed by atoms with Crippen molar-refractivity contribution >= 4 is 5.91 Å². The number of aromatic hydroxyl groups is 2. The number of nitrogens with zero attached hydrogens (tertiary/aromatic N) is 5. The van der Waals surface area contributed by atoms with E-state index < -0.39 is 0 Å². The maximum Gasteiger partial charge on any atom is 0.289 e. The van der Waals surface area contributed by atoms with Gasteiger partial charge >= 0.3 is 0 Å². The number of hydrogen-bond acceptors (Lipinski definition) is 9. The SMILES string of the molecule is CC(C)c1cc(-c2nnc(C(=O)NCCCN3CCOCC3)n2-c2ccc(CN3CCOCC3)cc2)c(O)cc1O. The Morgan fingerprint density at radius 1 is 0.927 bits per heavy atom. The number of nitrogens with one attached hydrogen (secondary N) is 1. The summed E-state index contributed by atoms with van der Waals surface area (Å²) < 4.78 is 12.5. The Bertz CT molecular complexity index is 1310. The maximum absolute atomic E-state index is 13.4. The number of morpholine rings is 2. The molecule has 1 amide bonds. The largest absolute Gasteiger partial charge is 0.508 e. The van der Waals surface area contributed by atoms with Crippen LogP contribution in [0.1, 0.15) is 47.9 Å². The number of ether oxygens (including phenoxy) is 2. The number of carbonyl (C=O) groups is 1. The first kappa shape index (κ1) is 29.0. The van der Waals surface area contributed by atoms with Gasteiger partial charge in [0.2, 0.25) is 5.82 Å². The fourth-order valence-corrected chi connectivity index (χ4v) is 5.26. The topological polar surface area (TPSA) is 125 Å². The summed E-state index contributed by atoms with van der Waals surface area (Å²) >= 11 is 0. The highest BCUT2D eigenvalue weighted by atomic mass is 16.5. The number of aromatic nitrogens is 3. The van der Waals surface area contributed by atoms with E-state index in [0.717, 1.165) is 77.7 Å². The number of phenols is 2. The summed E-state index contributed by atoms with van der Waals surface area (Å²) in [7, 11) is 0. The van der Waals surface area contributed by atoms with E-state index in [1.54, 1.807) is 10.6 Å². The molecule has 0 aliphatic carbocycles. The molecule has 2 saturated heterocycles. The van der Waals surface area contributed by atoms with Gasteiger partial charge in [0, 0.05) is 51.0 Å². The van der Waals surface area contributed by atoms with Gasteiger partial charge in [-0.25, -0.2) is 0 Å². The van der Waals surface area contributed by atoms with Crippen LogP contribution >= 0.6 is 0 Å².